The van der Waals surface area contributed by atoms with Crippen molar-refractivity contribution >= 4 is 17.1 Å². The Labute approximate surface area is 200 Å². The number of benzene rings is 3. The highest BCUT2D eigenvalue weighted by Crippen LogP contribution is 2.36. The fraction of sp³-hybridized carbons (Fsp3) is 0.400. The Morgan fingerprint density at radius 2 is 0.667 bits per heavy atom. The fourth-order valence-corrected chi connectivity index (χ4v) is 5.00. The van der Waals surface area contributed by atoms with Gasteiger partial charge >= 0.3 is 0 Å². The van der Waals surface area contributed by atoms with E-state index in [0.29, 0.717) is 17.8 Å². The second kappa shape index (κ2) is 9.91. The molecule has 174 valence electrons. The molecule has 0 radical (unpaired) electrons. The molecule has 1 heterocycles. The van der Waals surface area contributed by atoms with Crippen LogP contribution in [0.3, 0.4) is 0 Å². The van der Waals surface area contributed by atoms with Gasteiger partial charge in [-0.1, -0.05) is 96.1 Å². The first-order valence-electron chi connectivity index (χ1n) is 12.4. The summed E-state index contributed by atoms with van der Waals surface area (Å²) >= 11 is 0. The molecule has 0 spiro atoms. The van der Waals surface area contributed by atoms with E-state index in [0.717, 1.165) is 20.0 Å². The maximum absolute atomic E-state index is 2.55. The van der Waals surface area contributed by atoms with E-state index in [-0.39, 0.29) is 0 Å². The van der Waals surface area contributed by atoms with E-state index in [1.165, 1.54) is 33.8 Å². The molecule has 1 aliphatic rings. The van der Waals surface area contributed by atoms with Crippen molar-refractivity contribution in [1.82, 2.24) is 0 Å². The minimum Gasteiger partial charge on any atom is -0.336 e. The van der Waals surface area contributed by atoms with Gasteiger partial charge in [0.2, 0.25) is 0 Å². The third kappa shape index (κ3) is 4.88. The first-order chi connectivity index (χ1) is 15.9. The van der Waals surface area contributed by atoms with Crippen LogP contribution in [0.15, 0.2) is 72.8 Å². The van der Waals surface area contributed by atoms with E-state index < -0.39 is 0 Å². The van der Waals surface area contributed by atoms with Crippen molar-refractivity contribution in [3.63, 3.8) is 0 Å². The van der Waals surface area contributed by atoms with E-state index >= 15 is 0 Å². The van der Waals surface area contributed by atoms with Crippen LogP contribution in [0.25, 0.3) is 0 Å². The first kappa shape index (κ1) is 23.2. The van der Waals surface area contributed by atoms with Crippen molar-refractivity contribution in [1.29, 1.82) is 0 Å². The van der Waals surface area contributed by atoms with Gasteiger partial charge in [0.25, 0.3) is 0 Å². The molecule has 1 aliphatic heterocycles. The van der Waals surface area contributed by atoms with Crippen molar-refractivity contribution in [2.45, 2.75) is 59.3 Å². The third-order valence-electron chi connectivity index (χ3n) is 6.72. The summed E-state index contributed by atoms with van der Waals surface area (Å²) in [5.74, 6) is 1.45. The van der Waals surface area contributed by atoms with Crippen LogP contribution in [0.5, 0.6) is 0 Å². The highest BCUT2D eigenvalue weighted by Gasteiger charge is 2.28. The fourth-order valence-electron chi connectivity index (χ4n) is 5.00. The van der Waals surface area contributed by atoms with Crippen LogP contribution in [-0.4, -0.2) is 20.0 Å². The van der Waals surface area contributed by atoms with Crippen LogP contribution in [0.2, 0.25) is 0 Å². The number of hydrogen-bond donors (Lipinski definition) is 0. The summed E-state index contributed by atoms with van der Waals surface area (Å²) in [6.45, 7) is 16.4. The van der Waals surface area contributed by atoms with E-state index in [9.17, 15) is 0 Å². The molecule has 33 heavy (non-hydrogen) atoms. The topological polar surface area (TPSA) is 9.72 Å². The molecule has 0 amide bonds. The Bertz CT molecular complexity index is 927. The van der Waals surface area contributed by atoms with Gasteiger partial charge in [-0.05, 0) is 52.6 Å². The molecule has 1 fully saturated rings. The molecule has 0 unspecified atom stereocenters. The van der Waals surface area contributed by atoms with Gasteiger partial charge in [-0.3, -0.25) is 0 Å². The second-order valence-corrected chi connectivity index (χ2v) is 10.2. The van der Waals surface area contributed by atoms with E-state index in [2.05, 4.69) is 129 Å². The van der Waals surface area contributed by atoms with E-state index in [1.807, 2.05) is 0 Å². The Balaban J connectivity index is 1.80. The molecular formula is C30H39N3. The summed E-state index contributed by atoms with van der Waals surface area (Å²) in [7, 11) is 0. The number of rotatable bonds is 6. The van der Waals surface area contributed by atoms with Gasteiger partial charge in [-0.2, -0.15) is 0 Å². The lowest BCUT2D eigenvalue weighted by molar-refractivity contribution is 0.601. The third-order valence-corrected chi connectivity index (χ3v) is 6.72. The van der Waals surface area contributed by atoms with Gasteiger partial charge in [-0.25, -0.2) is 0 Å². The summed E-state index contributed by atoms with van der Waals surface area (Å²) in [5.41, 5.74) is 8.25. The average Bonchev–Trinajstić information content (AvgIpc) is 2.83. The summed E-state index contributed by atoms with van der Waals surface area (Å²) in [4.78, 5) is 7.65. The largest absolute Gasteiger partial charge is 0.336 e. The highest BCUT2D eigenvalue weighted by molar-refractivity contribution is 5.65. The molecule has 0 atom stereocenters. The van der Waals surface area contributed by atoms with E-state index in [1.54, 1.807) is 0 Å². The van der Waals surface area contributed by atoms with Crippen LogP contribution >= 0.6 is 0 Å². The summed E-state index contributed by atoms with van der Waals surface area (Å²) in [6, 6.07) is 26.8. The molecule has 0 bridgehead atoms. The predicted octanol–water partition coefficient (Wildman–Crippen LogP) is 7.76. The molecule has 3 nitrogen and oxygen atoms in total. The number of nitrogens with zero attached hydrogens (tertiary/aromatic N) is 3. The second-order valence-electron chi connectivity index (χ2n) is 10.2. The highest BCUT2D eigenvalue weighted by atomic mass is 15.5. The van der Waals surface area contributed by atoms with Crippen LogP contribution in [0.4, 0.5) is 17.1 Å². The van der Waals surface area contributed by atoms with Crippen molar-refractivity contribution < 1.29 is 0 Å². The van der Waals surface area contributed by atoms with Crippen LogP contribution < -0.4 is 14.7 Å². The smallest absolute Gasteiger partial charge is 0.0937 e. The zero-order chi connectivity index (χ0) is 23.5. The molecule has 0 aliphatic carbocycles. The number of anilines is 3. The van der Waals surface area contributed by atoms with Crippen LogP contribution in [0.1, 0.15) is 76.0 Å². The lowest BCUT2D eigenvalue weighted by Gasteiger charge is -2.47. The summed E-state index contributed by atoms with van der Waals surface area (Å²) in [5, 5.41) is 0. The number of hydrogen-bond acceptors (Lipinski definition) is 3. The van der Waals surface area contributed by atoms with Crippen molar-refractivity contribution in [3.8, 4) is 0 Å². The molecule has 3 heteroatoms. The maximum Gasteiger partial charge on any atom is 0.0937 e. The van der Waals surface area contributed by atoms with Gasteiger partial charge in [0.05, 0.1) is 20.0 Å². The zero-order valence-corrected chi connectivity index (χ0v) is 21.1. The van der Waals surface area contributed by atoms with Crippen LogP contribution in [0, 0.1) is 0 Å². The number of para-hydroxylation sites is 3. The first-order valence-corrected chi connectivity index (χ1v) is 12.4. The van der Waals surface area contributed by atoms with Gasteiger partial charge in [-0.15, -0.1) is 0 Å². The van der Waals surface area contributed by atoms with Gasteiger partial charge in [0.15, 0.2) is 0 Å². The Morgan fingerprint density at radius 3 is 0.909 bits per heavy atom. The SMILES string of the molecule is CC(C)c1ccccc1N1CN(c2ccccc2C(C)C)CN(c2ccccc2C(C)C)C1. The van der Waals surface area contributed by atoms with Crippen LogP contribution in [-0.2, 0) is 0 Å². The summed E-state index contributed by atoms with van der Waals surface area (Å²) < 4.78 is 0. The Kier molecular flexibility index (Phi) is 6.97. The predicted molar refractivity (Wildman–Crippen MR) is 144 cm³/mol. The Hall–Kier alpha value is -2.94. The monoisotopic (exact) mass is 441 g/mol. The van der Waals surface area contributed by atoms with Gasteiger partial charge in [0, 0.05) is 17.1 Å². The van der Waals surface area contributed by atoms with Gasteiger partial charge < -0.3 is 14.7 Å². The lowest BCUT2D eigenvalue weighted by atomic mass is 9.99. The van der Waals surface area contributed by atoms with Crippen molar-refractivity contribution in [2.75, 3.05) is 34.7 Å². The molecular weight excluding hydrogens is 402 g/mol. The molecule has 0 N–H and O–H groups in total. The molecule has 0 aromatic heterocycles. The Morgan fingerprint density at radius 1 is 0.424 bits per heavy atom. The lowest BCUT2D eigenvalue weighted by Crippen LogP contribution is -2.56. The van der Waals surface area contributed by atoms with Crippen molar-refractivity contribution in [2.24, 2.45) is 0 Å². The molecule has 3 aromatic carbocycles. The normalized spacial score (nSPS) is 14.6. The quantitative estimate of drug-likeness (QED) is 0.387. The molecule has 0 saturated carbocycles. The zero-order valence-electron chi connectivity index (χ0n) is 21.1. The minimum absolute atomic E-state index is 0.482. The van der Waals surface area contributed by atoms with Crippen molar-refractivity contribution in [3.05, 3.63) is 89.5 Å². The maximum atomic E-state index is 2.55. The van der Waals surface area contributed by atoms with Gasteiger partial charge in [0.1, 0.15) is 0 Å². The summed E-state index contributed by atoms with van der Waals surface area (Å²) in [6.07, 6.45) is 0. The molecule has 1 saturated heterocycles. The minimum atomic E-state index is 0.482. The van der Waals surface area contributed by atoms with E-state index in [4.69, 9.17) is 0 Å². The molecule has 4 rings (SSSR count). The standard InChI is InChI=1S/C30H39N3/c1-22(2)25-13-7-10-16-28(25)31-19-32(29-17-11-8-14-26(29)23(3)4)21-33(20-31)30-18-12-9-15-27(30)24(5)6/h7-18,22-24H,19-21H2,1-6H3. The molecule has 3 aromatic rings. The average molecular weight is 442 g/mol.